The Labute approximate surface area is 134 Å². The molecule has 0 saturated carbocycles. The van der Waals surface area contributed by atoms with Gasteiger partial charge in [-0.25, -0.2) is 4.57 Å². The van der Waals surface area contributed by atoms with E-state index in [1.54, 1.807) is 18.2 Å². The zero-order valence-corrected chi connectivity index (χ0v) is 13.6. The first-order valence-corrected chi connectivity index (χ1v) is 8.85. The molecule has 0 bridgehead atoms. The number of benzene rings is 1. The predicted molar refractivity (Wildman–Crippen MR) is 88.6 cm³/mol. The van der Waals surface area contributed by atoms with Gasteiger partial charge in [-0.15, -0.1) is 0 Å². The summed E-state index contributed by atoms with van der Waals surface area (Å²) in [6.07, 6.45) is 4.38. The molecule has 2 rings (SSSR count). The Kier molecular flexibility index (Phi) is 5.42. The Morgan fingerprint density at radius 2 is 2.04 bits per heavy atom. The van der Waals surface area contributed by atoms with E-state index in [0.717, 1.165) is 5.56 Å². The molecule has 4 N–H and O–H groups in total. The van der Waals surface area contributed by atoms with Crippen molar-refractivity contribution in [1.29, 1.82) is 0 Å². The Morgan fingerprint density at radius 1 is 1.30 bits per heavy atom. The van der Waals surface area contributed by atoms with Gasteiger partial charge in [-0.3, -0.25) is 0 Å². The van der Waals surface area contributed by atoms with Crippen LogP contribution in [0.3, 0.4) is 0 Å². The molecular weight excluding hydrogens is 317 g/mol. The summed E-state index contributed by atoms with van der Waals surface area (Å²) < 4.78 is 14.6. The second-order valence-corrected chi connectivity index (χ2v) is 6.82. The van der Waals surface area contributed by atoms with Gasteiger partial charge in [0.1, 0.15) is 11.5 Å². The van der Waals surface area contributed by atoms with Crippen LogP contribution in [0.4, 0.5) is 0 Å². The van der Waals surface area contributed by atoms with Crippen molar-refractivity contribution in [2.75, 3.05) is 0 Å². The van der Waals surface area contributed by atoms with Crippen LogP contribution >= 0.6 is 7.75 Å². The Balaban J connectivity index is 2.11. The third-order valence-electron chi connectivity index (χ3n) is 3.73. The van der Waals surface area contributed by atoms with Gasteiger partial charge in [0.15, 0.2) is 0 Å². The molecule has 1 aromatic carbocycles. The van der Waals surface area contributed by atoms with Crippen LogP contribution in [-0.2, 0) is 4.57 Å². The summed E-state index contributed by atoms with van der Waals surface area (Å²) in [5.41, 5.74) is 1.91. The number of hydrogen-bond donors (Lipinski definition) is 4. The van der Waals surface area contributed by atoms with E-state index in [9.17, 15) is 14.8 Å². The van der Waals surface area contributed by atoms with Gasteiger partial charge in [-0.2, -0.15) is 4.76 Å². The van der Waals surface area contributed by atoms with Gasteiger partial charge in [0.2, 0.25) is 0 Å². The Morgan fingerprint density at radius 3 is 2.70 bits per heavy atom. The molecular formula is C16H20NO5P. The molecule has 0 aliphatic heterocycles. The molecule has 1 aromatic rings. The summed E-state index contributed by atoms with van der Waals surface area (Å²) in [5.74, 6) is 0.428. The molecule has 0 heterocycles. The number of aliphatic hydroxyl groups is 1. The lowest BCUT2D eigenvalue weighted by molar-refractivity contribution is 0.375. The van der Waals surface area contributed by atoms with Crippen LogP contribution in [0.25, 0.3) is 0 Å². The number of phenolic OH excluding ortho intramolecular Hbond substituents is 1. The summed E-state index contributed by atoms with van der Waals surface area (Å²) >= 11 is 0. The highest BCUT2D eigenvalue weighted by molar-refractivity contribution is 7.50. The smallest absolute Gasteiger partial charge is 0.448 e. The molecule has 0 radical (unpaired) electrons. The Hall–Kier alpha value is -1.88. The summed E-state index contributed by atoms with van der Waals surface area (Å²) in [4.78, 5) is 18.0. The van der Waals surface area contributed by atoms with E-state index in [-0.39, 0.29) is 23.8 Å². The number of nitrogens with zero attached hydrogens (tertiary/aromatic N) is 1. The van der Waals surface area contributed by atoms with Gasteiger partial charge in [0.25, 0.3) is 0 Å². The van der Waals surface area contributed by atoms with E-state index in [1.807, 2.05) is 13.0 Å². The van der Waals surface area contributed by atoms with Crippen LogP contribution in [0, 0.1) is 0 Å². The zero-order valence-electron chi connectivity index (χ0n) is 12.8. The largest absolute Gasteiger partial charge is 0.508 e. The molecule has 0 aromatic heterocycles. The maximum absolute atomic E-state index is 11.1. The highest BCUT2D eigenvalue weighted by atomic mass is 31.2. The third kappa shape index (κ3) is 5.36. The normalized spacial score (nSPS) is 18.5. The Bertz CT molecular complexity index is 717. The molecule has 23 heavy (non-hydrogen) atoms. The van der Waals surface area contributed by atoms with E-state index in [1.165, 1.54) is 12.2 Å². The molecule has 1 aliphatic rings. The van der Waals surface area contributed by atoms with Crippen LogP contribution < -0.4 is 0 Å². The number of aliphatic hydroxyl groups excluding tert-OH is 1. The van der Waals surface area contributed by atoms with Crippen LogP contribution in [0.15, 0.2) is 52.5 Å². The summed E-state index contributed by atoms with van der Waals surface area (Å²) in [5, 5.41) is 19.1. The number of aromatic hydroxyl groups is 1. The van der Waals surface area contributed by atoms with E-state index in [2.05, 4.69) is 4.76 Å². The fourth-order valence-corrected chi connectivity index (χ4v) is 3.03. The van der Waals surface area contributed by atoms with Crippen LogP contribution in [0.5, 0.6) is 5.75 Å². The lowest BCUT2D eigenvalue weighted by Gasteiger charge is -2.17. The summed E-state index contributed by atoms with van der Waals surface area (Å²) in [6, 6.07) is 6.99. The van der Waals surface area contributed by atoms with Gasteiger partial charge in [-0.1, -0.05) is 19.1 Å². The SMILES string of the molecule is CC(CCC1=CC(O)=CCC1=NP(=O)(O)O)c1cccc(O)c1. The molecule has 1 aliphatic carbocycles. The molecule has 7 heteroatoms. The first-order valence-electron chi connectivity index (χ1n) is 7.28. The molecule has 0 saturated heterocycles. The van der Waals surface area contributed by atoms with E-state index < -0.39 is 7.75 Å². The number of phenols is 1. The molecule has 1 unspecified atom stereocenters. The van der Waals surface area contributed by atoms with E-state index in [4.69, 9.17) is 9.79 Å². The first-order chi connectivity index (χ1) is 10.7. The number of allylic oxidation sites excluding steroid dienone is 3. The van der Waals surface area contributed by atoms with Gasteiger partial charge < -0.3 is 20.0 Å². The minimum atomic E-state index is -4.50. The van der Waals surface area contributed by atoms with Crippen LogP contribution in [0.1, 0.15) is 37.7 Å². The number of hydrogen-bond acceptors (Lipinski definition) is 3. The molecule has 0 amide bonds. The molecule has 6 nitrogen and oxygen atoms in total. The third-order valence-corrected chi connectivity index (χ3v) is 4.24. The predicted octanol–water partition coefficient (Wildman–Crippen LogP) is 3.58. The van der Waals surface area contributed by atoms with Crippen molar-refractivity contribution in [3.8, 4) is 5.75 Å². The minimum absolute atomic E-state index is 0.0784. The minimum Gasteiger partial charge on any atom is -0.508 e. The van der Waals surface area contributed by atoms with E-state index in [0.29, 0.717) is 24.1 Å². The average molecular weight is 337 g/mol. The summed E-state index contributed by atoms with van der Waals surface area (Å²) in [7, 11) is -4.50. The van der Waals surface area contributed by atoms with Crippen molar-refractivity contribution in [2.45, 2.75) is 32.1 Å². The van der Waals surface area contributed by atoms with Crippen LogP contribution in [-0.4, -0.2) is 25.7 Å². The van der Waals surface area contributed by atoms with Gasteiger partial charge >= 0.3 is 7.75 Å². The number of rotatable bonds is 5. The van der Waals surface area contributed by atoms with Crippen molar-refractivity contribution in [3.63, 3.8) is 0 Å². The lowest BCUT2D eigenvalue weighted by Crippen LogP contribution is -2.08. The molecule has 0 spiro atoms. The lowest BCUT2D eigenvalue weighted by atomic mass is 9.90. The molecule has 124 valence electrons. The second-order valence-electron chi connectivity index (χ2n) is 5.60. The van der Waals surface area contributed by atoms with Crippen molar-refractivity contribution >= 4 is 13.5 Å². The fourth-order valence-electron chi connectivity index (χ4n) is 2.50. The highest BCUT2D eigenvalue weighted by Gasteiger charge is 2.19. The monoisotopic (exact) mass is 337 g/mol. The van der Waals surface area contributed by atoms with Gasteiger partial charge in [0, 0.05) is 6.42 Å². The zero-order chi connectivity index (χ0) is 17.0. The topological polar surface area (TPSA) is 110 Å². The molecule has 1 atom stereocenters. The van der Waals surface area contributed by atoms with Crippen molar-refractivity contribution in [3.05, 3.63) is 53.3 Å². The average Bonchev–Trinajstić information content (AvgIpc) is 2.46. The standard InChI is InChI=1S/C16H20NO5P/c1-11(12-3-2-4-14(18)9-12)5-6-13-10-15(19)7-8-16(13)17-23(20,21)22/h2-4,7,9-11,18-19H,5-6,8H2,1H3,(H2,20,21,22). The fraction of sp³-hybridized carbons (Fsp3) is 0.312. The first kappa shape index (κ1) is 17.5. The van der Waals surface area contributed by atoms with Crippen molar-refractivity contribution in [2.24, 2.45) is 4.76 Å². The van der Waals surface area contributed by atoms with E-state index >= 15 is 0 Å². The van der Waals surface area contributed by atoms with Crippen molar-refractivity contribution in [1.82, 2.24) is 0 Å². The molecule has 0 fully saturated rings. The quantitative estimate of drug-likeness (QED) is 0.614. The van der Waals surface area contributed by atoms with Crippen LogP contribution in [0.2, 0.25) is 0 Å². The highest BCUT2D eigenvalue weighted by Crippen LogP contribution is 2.39. The second kappa shape index (κ2) is 7.13. The maximum Gasteiger partial charge on any atom is 0.448 e. The summed E-state index contributed by atoms with van der Waals surface area (Å²) in [6.45, 7) is 2.01. The maximum atomic E-state index is 11.1. The van der Waals surface area contributed by atoms with Gasteiger partial charge in [-0.05, 0) is 54.2 Å². The van der Waals surface area contributed by atoms with Crippen molar-refractivity contribution < 1.29 is 24.6 Å². The van der Waals surface area contributed by atoms with Gasteiger partial charge in [0.05, 0.1) is 5.71 Å².